The summed E-state index contributed by atoms with van der Waals surface area (Å²) in [6, 6.07) is 21.7. The first kappa shape index (κ1) is 30.4. The van der Waals surface area contributed by atoms with E-state index in [1.165, 1.54) is 24.3 Å². The highest BCUT2D eigenvalue weighted by Crippen LogP contribution is 2.36. The third-order valence-corrected chi connectivity index (χ3v) is 10.5. The van der Waals surface area contributed by atoms with Crippen LogP contribution >= 0.6 is 0 Å². The minimum absolute atomic E-state index is 0.0130. The van der Waals surface area contributed by atoms with E-state index in [1.54, 1.807) is 31.5 Å². The summed E-state index contributed by atoms with van der Waals surface area (Å²) in [6.07, 6.45) is 8.57. The molecule has 0 radical (unpaired) electrons. The van der Waals surface area contributed by atoms with Crippen molar-refractivity contribution in [2.75, 3.05) is 0 Å². The average Bonchev–Trinajstić information content (AvgIpc) is 3.45. The Hall–Kier alpha value is -4.61. The van der Waals surface area contributed by atoms with Gasteiger partial charge in [-0.25, -0.2) is 8.42 Å². The number of non-ortho nitro benzene ring substituents is 1. The molecule has 5 aromatic rings. The zero-order valence-corrected chi connectivity index (χ0v) is 25.7. The van der Waals surface area contributed by atoms with E-state index in [0.29, 0.717) is 5.39 Å². The van der Waals surface area contributed by atoms with Crippen LogP contribution in [0.15, 0.2) is 96.2 Å². The first-order valence-electron chi connectivity index (χ1n) is 15.1. The predicted molar refractivity (Wildman–Crippen MR) is 173 cm³/mol. The van der Waals surface area contributed by atoms with Gasteiger partial charge in [0.1, 0.15) is 5.54 Å². The smallest absolute Gasteiger partial charge is 0.278 e. The van der Waals surface area contributed by atoms with Crippen LogP contribution in [0.25, 0.3) is 21.7 Å². The van der Waals surface area contributed by atoms with Gasteiger partial charge in [-0.15, -0.1) is 0 Å². The zero-order chi connectivity index (χ0) is 31.6. The standard InChI is InChI=1S/C34H35N5O5S/c1-34(21-25-22-36-27-16-6-5-15-26(25)27,33(40)37-32(24-11-3-2-4-12-24)28-17-7-8-20-35-28)38-45(43,44)30-19-10-14-23-13-9-18-29(31(23)30)39(41)42/h5-10,13-20,22,24,32,36,38H,2-4,11-12,21H2,1H3,(H,37,40). The molecule has 232 valence electrons. The summed E-state index contributed by atoms with van der Waals surface area (Å²) >= 11 is 0. The van der Waals surface area contributed by atoms with E-state index in [-0.39, 0.29) is 28.3 Å². The molecule has 11 heteroatoms. The number of aromatic nitrogens is 2. The Morgan fingerprint density at radius 2 is 1.76 bits per heavy atom. The molecule has 2 aromatic heterocycles. The molecule has 3 aromatic carbocycles. The van der Waals surface area contributed by atoms with Crippen molar-refractivity contribution in [3.05, 3.63) is 113 Å². The van der Waals surface area contributed by atoms with Gasteiger partial charge in [0.2, 0.25) is 15.9 Å². The van der Waals surface area contributed by atoms with E-state index < -0.39 is 32.4 Å². The monoisotopic (exact) mass is 625 g/mol. The molecule has 3 N–H and O–H groups in total. The Morgan fingerprint density at radius 3 is 2.49 bits per heavy atom. The number of hydrogen-bond acceptors (Lipinski definition) is 6. The fourth-order valence-corrected chi connectivity index (χ4v) is 8.21. The molecule has 10 nitrogen and oxygen atoms in total. The summed E-state index contributed by atoms with van der Waals surface area (Å²) < 4.78 is 31.2. The molecule has 2 heterocycles. The molecule has 2 unspecified atom stereocenters. The molecular formula is C34H35N5O5S. The van der Waals surface area contributed by atoms with E-state index in [4.69, 9.17) is 0 Å². The molecular weight excluding hydrogens is 590 g/mol. The zero-order valence-electron chi connectivity index (χ0n) is 24.9. The maximum absolute atomic E-state index is 14.5. The van der Waals surface area contributed by atoms with Crippen LogP contribution in [0.4, 0.5) is 5.69 Å². The molecule has 1 aliphatic carbocycles. The van der Waals surface area contributed by atoms with Crippen molar-refractivity contribution in [3.8, 4) is 0 Å². The number of H-pyrrole nitrogens is 1. The van der Waals surface area contributed by atoms with Gasteiger partial charge in [-0.2, -0.15) is 4.72 Å². The molecule has 0 spiro atoms. The number of sulfonamides is 1. The molecule has 1 fully saturated rings. The number of aromatic amines is 1. The lowest BCUT2D eigenvalue weighted by atomic mass is 9.82. The van der Waals surface area contributed by atoms with Gasteiger partial charge in [-0.05, 0) is 60.9 Å². The summed E-state index contributed by atoms with van der Waals surface area (Å²) in [5.41, 5.74) is 0.318. The average molecular weight is 626 g/mol. The lowest BCUT2D eigenvalue weighted by Crippen LogP contribution is -2.59. The highest BCUT2D eigenvalue weighted by Gasteiger charge is 2.42. The van der Waals surface area contributed by atoms with Gasteiger partial charge >= 0.3 is 0 Å². The molecule has 0 aliphatic heterocycles. The Kier molecular flexibility index (Phi) is 8.39. The minimum Gasteiger partial charge on any atom is -0.361 e. The first-order chi connectivity index (χ1) is 21.7. The fourth-order valence-electron chi connectivity index (χ4n) is 6.60. The maximum Gasteiger partial charge on any atom is 0.278 e. The summed E-state index contributed by atoms with van der Waals surface area (Å²) in [5, 5.41) is 16.4. The molecule has 0 bridgehead atoms. The number of fused-ring (bicyclic) bond motifs is 2. The number of nitrogens with zero attached hydrogens (tertiary/aromatic N) is 2. The van der Waals surface area contributed by atoms with Crippen LogP contribution in [-0.4, -0.2) is 34.8 Å². The predicted octanol–water partition coefficient (Wildman–Crippen LogP) is 6.34. The van der Waals surface area contributed by atoms with Crippen LogP contribution in [0, 0.1) is 16.0 Å². The molecule has 6 rings (SSSR count). The summed E-state index contributed by atoms with van der Waals surface area (Å²) in [6.45, 7) is 1.57. The number of amides is 1. The van der Waals surface area contributed by atoms with Gasteiger partial charge in [-0.1, -0.05) is 67.8 Å². The Balaban J connectivity index is 1.43. The van der Waals surface area contributed by atoms with Crippen LogP contribution in [-0.2, 0) is 21.2 Å². The normalized spacial score (nSPS) is 16.3. The highest BCUT2D eigenvalue weighted by atomic mass is 32.2. The summed E-state index contributed by atoms with van der Waals surface area (Å²) in [5.74, 6) is -0.361. The summed E-state index contributed by atoms with van der Waals surface area (Å²) in [7, 11) is -4.47. The number of hydrogen-bond donors (Lipinski definition) is 3. The number of carbonyl (C=O) groups excluding carboxylic acids is 1. The van der Waals surface area contributed by atoms with E-state index in [2.05, 4.69) is 20.0 Å². The van der Waals surface area contributed by atoms with Crippen LogP contribution in [0.3, 0.4) is 0 Å². The van der Waals surface area contributed by atoms with Gasteiger partial charge < -0.3 is 10.3 Å². The van der Waals surface area contributed by atoms with Gasteiger partial charge in [0.25, 0.3) is 5.69 Å². The second kappa shape index (κ2) is 12.4. The second-order valence-electron chi connectivity index (χ2n) is 12.0. The van der Waals surface area contributed by atoms with Crippen LogP contribution in [0.5, 0.6) is 0 Å². The van der Waals surface area contributed by atoms with Crippen molar-refractivity contribution in [1.82, 2.24) is 20.0 Å². The van der Waals surface area contributed by atoms with Gasteiger partial charge in [0.15, 0.2) is 0 Å². The molecule has 1 amide bonds. The number of benzene rings is 3. The molecule has 1 aliphatic rings. The molecule has 45 heavy (non-hydrogen) atoms. The van der Waals surface area contributed by atoms with Crippen molar-refractivity contribution >= 4 is 43.3 Å². The van der Waals surface area contributed by atoms with Crippen molar-refractivity contribution in [1.29, 1.82) is 0 Å². The third-order valence-electron chi connectivity index (χ3n) is 8.82. The maximum atomic E-state index is 14.5. The largest absolute Gasteiger partial charge is 0.361 e. The van der Waals surface area contributed by atoms with E-state index >= 15 is 0 Å². The van der Waals surface area contributed by atoms with E-state index in [9.17, 15) is 23.3 Å². The van der Waals surface area contributed by atoms with Crippen LogP contribution in [0.2, 0.25) is 0 Å². The van der Waals surface area contributed by atoms with Crippen LogP contribution < -0.4 is 10.0 Å². The Bertz CT molecular complexity index is 1970. The topological polar surface area (TPSA) is 147 Å². The van der Waals surface area contributed by atoms with Gasteiger partial charge in [-0.3, -0.25) is 19.9 Å². The van der Waals surface area contributed by atoms with Crippen molar-refractivity contribution in [3.63, 3.8) is 0 Å². The quantitative estimate of drug-likeness (QED) is 0.122. The second-order valence-corrected chi connectivity index (χ2v) is 13.6. The van der Waals surface area contributed by atoms with Gasteiger partial charge in [0, 0.05) is 35.8 Å². The number of para-hydroxylation sites is 1. The highest BCUT2D eigenvalue weighted by molar-refractivity contribution is 7.89. The van der Waals surface area contributed by atoms with Crippen molar-refractivity contribution < 1.29 is 18.1 Å². The molecule has 1 saturated carbocycles. The number of nitro groups is 1. The van der Waals surface area contributed by atoms with E-state index in [0.717, 1.165) is 54.3 Å². The van der Waals surface area contributed by atoms with Crippen LogP contribution in [0.1, 0.15) is 56.3 Å². The molecule has 0 saturated heterocycles. The summed E-state index contributed by atoms with van der Waals surface area (Å²) in [4.78, 5) is 33.4. The minimum atomic E-state index is -4.47. The fraction of sp³-hybridized carbons (Fsp3) is 0.294. The van der Waals surface area contributed by atoms with Gasteiger partial charge in [0.05, 0.1) is 26.9 Å². The van der Waals surface area contributed by atoms with E-state index in [1.807, 2.05) is 42.5 Å². The Labute approximate surface area is 261 Å². The van der Waals surface area contributed by atoms with Crippen molar-refractivity contribution in [2.45, 2.75) is 61.9 Å². The molecule has 2 atom stereocenters. The number of nitro benzene ring substituents is 1. The lowest BCUT2D eigenvalue weighted by Gasteiger charge is -2.35. The lowest BCUT2D eigenvalue weighted by molar-refractivity contribution is -0.383. The number of carbonyl (C=O) groups is 1. The first-order valence-corrected chi connectivity index (χ1v) is 16.6. The third kappa shape index (κ3) is 6.18. The Morgan fingerprint density at radius 1 is 1.02 bits per heavy atom. The number of rotatable bonds is 10. The number of pyridine rings is 1. The SMILES string of the molecule is CC(Cc1c[nH]c2ccccc12)(NS(=O)(=O)c1cccc2cccc([N+](=O)[O-])c12)C(=O)NC(c1ccccn1)C1CCCCC1. The number of nitrogens with one attached hydrogen (secondary N) is 3. The van der Waals surface area contributed by atoms with Crippen molar-refractivity contribution in [2.24, 2.45) is 5.92 Å².